The van der Waals surface area contributed by atoms with E-state index in [1.54, 1.807) is 12.1 Å². The van der Waals surface area contributed by atoms with Gasteiger partial charge in [0.1, 0.15) is 22.6 Å². The maximum Gasteiger partial charge on any atom is 0.351 e. The minimum Gasteiger partial charge on any atom is -0.506 e. The molecule has 0 amide bonds. The first-order valence-electron chi connectivity index (χ1n) is 9.84. The van der Waals surface area contributed by atoms with Crippen LogP contribution in [0, 0.1) is 0 Å². The molecule has 0 atom stereocenters. The molecule has 1 heterocycles. The minimum absolute atomic E-state index is 0.104. The minimum atomic E-state index is -3.66. The number of unbranched alkanes of at least 4 members (excludes halogenated alkanes) is 7. The van der Waals surface area contributed by atoms with E-state index in [4.69, 9.17) is 4.42 Å². The molecule has 0 saturated carbocycles. The number of para-hydroxylation sites is 1. The highest BCUT2D eigenvalue weighted by molar-refractivity contribution is 7.92. The molecule has 1 aromatic heterocycles. The van der Waals surface area contributed by atoms with Crippen LogP contribution < -0.4 is 5.63 Å². The summed E-state index contributed by atoms with van der Waals surface area (Å²) in [7, 11) is -3.66. The topological polar surface area (TPSA) is 102 Å². The fraction of sp³-hybridized carbons (Fsp3) is 0.524. The molecule has 0 fully saturated rings. The number of carbonyl (C=O) groups is 1. The van der Waals surface area contributed by atoms with Gasteiger partial charge in [0.25, 0.3) is 0 Å². The highest BCUT2D eigenvalue weighted by Crippen LogP contribution is 2.26. The van der Waals surface area contributed by atoms with Gasteiger partial charge in [0.2, 0.25) is 0 Å². The molecule has 2 rings (SSSR count). The van der Waals surface area contributed by atoms with Gasteiger partial charge in [-0.2, -0.15) is 0 Å². The first kappa shape index (κ1) is 22.1. The smallest absolute Gasteiger partial charge is 0.351 e. The van der Waals surface area contributed by atoms with E-state index in [0.29, 0.717) is 6.42 Å². The van der Waals surface area contributed by atoms with Crippen molar-refractivity contribution in [2.75, 3.05) is 11.5 Å². The van der Waals surface area contributed by atoms with Gasteiger partial charge in [-0.25, -0.2) is 13.2 Å². The Morgan fingerprint density at radius 2 is 1.61 bits per heavy atom. The number of sulfone groups is 1. The largest absolute Gasteiger partial charge is 0.506 e. The summed E-state index contributed by atoms with van der Waals surface area (Å²) in [6.07, 6.45) is 8.14. The van der Waals surface area contributed by atoms with E-state index in [0.717, 1.165) is 25.7 Å². The fourth-order valence-corrected chi connectivity index (χ4v) is 4.51. The molecule has 6 nitrogen and oxygen atoms in total. The van der Waals surface area contributed by atoms with Crippen LogP contribution in [-0.4, -0.2) is 30.8 Å². The van der Waals surface area contributed by atoms with E-state index in [1.807, 2.05) is 0 Å². The predicted molar refractivity (Wildman–Crippen MR) is 110 cm³/mol. The summed E-state index contributed by atoms with van der Waals surface area (Å²) >= 11 is 0. The molecular weight excluding hydrogens is 380 g/mol. The zero-order valence-corrected chi connectivity index (χ0v) is 17.1. The molecule has 0 aliphatic carbocycles. The zero-order chi connectivity index (χ0) is 20.6. The van der Waals surface area contributed by atoms with Crippen LogP contribution in [0.2, 0.25) is 0 Å². The Bertz CT molecular complexity index is 959. The maximum atomic E-state index is 12.4. The molecule has 0 aliphatic rings. The van der Waals surface area contributed by atoms with Gasteiger partial charge < -0.3 is 9.52 Å². The van der Waals surface area contributed by atoms with E-state index in [-0.39, 0.29) is 16.7 Å². The number of Topliss-reactive ketones (excluding diaryl/α,β-unsaturated/α-hetero) is 1. The van der Waals surface area contributed by atoms with Crippen molar-refractivity contribution in [3.05, 3.63) is 40.2 Å². The van der Waals surface area contributed by atoms with Crippen LogP contribution in [0.15, 0.2) is 33.5 Å². The number of hydrogen-bond donors (Lipinski definition) is 1. The number of hydrogen-bond acceptors (Lipinski definition) is 6. The molecule has 0 spiro atoms. The lowest BCUT2D eigenvalue weighted by atomic mass is 10.1. The van der Waals surface area contributed by atoms with Crippen molar-refractivity contribution in [3.8, 4) is 5.75 Å². The lowest BCUT2D eigenvalue weighted by Gasteiger charge is -2.07. The van der Waals surface area contributed by atoms with Crippen LogP contribution in [0.25, 0.3) is 11.0 Å². The van der Waals surface area contributed by atoms with Crippen molar-refractivity contribution >= 4 is 26.6 Å². The molecule has 154 valence electrons. The van der Waals surface area contributed by atoms with Gasteiger partial charge in [0.05, 0.1) is 11.1 Å². The molecular formula is C21H28O6S. The molecule has 0 bridgehead atoms. The molecule has 2 aromatic rings. The first-order chi connectivity index (χ1) is 13.4. The molecule has 28 heavy (non-hydrogen) atoms. The van der Waals surface area contributed by atoms with E-state index >= 15 is 0 Å². The molecule has 1 aromatic carbocycles. The average Bonchev–Trinajstić information content (AvgIpc) is 2.63. The average molecular weight is 409 g/mol. The normalized spacial score (nSPS) is 11.8. The van der Waals surface area contributed by atoms with Gasteiger partial charge in [-0.15, -0.1) is 0 Å². The summed E-state index contributed by atoms with van der Waals surface area (Å²) in [6.45, 7) is 2.16. The summed E-state index contributed by atoms with van der Waals surface area (Å²) in [5.41, 5.74) is -1.48. The van der Waals surface area contributed by atoms with E-state index in [2.05, 4.69) is 6.92 Å². The summed E-state index contributed by atoms with van der Waals surface area (Å²) in [6, 6.07) is 6.24. The van der Waals surface area contributed by atoms with E-state index in [1.165, 1.54) is 31.4 Å². The predicted octanol–water partition coefficient (Wildman–Crippen LogP) is 4.24. The van der Waals surface area contributed by atoms with Crippen LogP contribution in [0.3, 0.4) is 0 Å². The quantitative estimate of drug-likeness (QED) is 0.320. The van der Waals surface area contributed by atoms with Crippen LogP contribution in [-0.2, 0) is 9.84 Å². The van der Waals surface area contributed by atoms with Crippen molar-refractivity contribution < 1.29 is 22.7 Å². The third-order valence-corrected chi connectivity index (χ3v) is 6.34. The second kappa shape index (κ2) is 10.4. The van der Waals surface area contributed by atoms with Crippen molar-refractivity contribution in [1.29, 1.82) is 0 Å². The second-order valence-electron chi connectivity index (χ2n) is 7.10. The third kappa shape index (κ3) is 6.19. The number of rotatable bonds is 12. The van der Waals surface area contributed by atoms with Gasteiger partial charge >= 0.3 is 5.63 Å². The van der Waals surface area contributed by atoms with Gasteiger partial charge in [-0.1, -0.05) is 64.0 Å². The Morgan fingerprint density at radius 1 is 1.00 bits per heavy atom. The standard InChI is InChI=1S/C21H28O6S/c1-2-3-4-5-6-7-8-11-14-28(25,26)15-17(22)19-20(23)16-12-9-10-13-18(16)27-21(19)24/h9-10,12-13,23H,2-8,11,14-15H2,1H3. The Labute approximate surface area is 165 Å². The Balaban J connectivity index is 1.93. The molecule has 0 radical (unpaired) electrons. The lowest BCUT2D eigenvalue weighted by Crippen LogP contribution is -2.24. The van der Waals surface area contributed by atoms with Crippen molar-refractivity contribution in [3.63, 3.8) is 0 Å². The second-order valence-corrected chi connectivity index (χ2v) is 9.28. The molecule has 0 unspecified atom stereocenters. The fourth-order valence-electron chi connectivity index (χ4n) is 3.18. The molecule has 0 aliphatic heterocycles. The number of fused-ring (bicyclic) bond motifs is 1. The first-order valence-corrected chi connectivity index (χ1v) is 11.7. The molecule has 1 N–H and O–H groups in total. The van der Waals surface area contributed by atoms with Crippen molar-refractivity contribution in [1.82, 2.24) is 0 Å². The zero-order valence-electron chi connectivity index (χ0n) is 16.3. The summed E-state index contributed by atoms with van der Waals surface area (Å²) in [5, 5.41) is 10.5. The van der Waals surface area contributed by atoms with Gasteiger partial charge in [0.15, 0.2) is 15.6 Å². The Kier molecular flexibility index (Phi) is 8.23. The number of carbonyl (C=O) groups excluding carboxylic acids is 1. The Hall–Kier alpha value is -2.15. The summed E-state index contributed by atoms with van der Waals surface area (Å²) in [5.74, 6) is -2.37. The van der Waals surface area contributed by atoms with Crippen molar-refractivity contribution in [2.24, 2.45) is 0 Å². The highest BCUT2D eigenvalue weighted by atomic mass is 32.2. The SMILES string of the molecule is CCCCCCCCCCS(=O)(=O)CC(=O)c1c(O)c2ccccc2oc1=O. The van der Waals surface area contributed by atoms with Crippen LogP contribution in [0.1, 0.15) is 68.6 Å². The Morgan fingerprint density at radius 3 is 2.29 bits per heavy atom. The number of aromatic hydroxyl groups is 1. The van der Waals surface area contributed by atoms with Gasteiger partial charge in [-0.3, -0.25) is 4.79 Å². The summed E-state index contributed by atoms with van der Waals surface area (Å²) < 4.78 is 29.5. The monoisotopic (exact) mass is 408 g/mol. The van der Waals surface area contributed by atoms with Crippen LogP contribution >= 0.6 is 0 Å². The van der Waals surface area contributed by atoms with E-state index in [9.17, 15) is 23.1 Å². The van der Waals surface area contributed by atoms with Gasteiger partial charge in [0, 0.05) is 0 Å². The molecule has 0 saturated heterocycles. The van der Waals surface area contributed by atoms with Crippen LogP contribution in [0.5, 0.6) is 5.75 Å². The number of benzene rings is 1. The lowest BCUT2D eigenvalue weighted by molar-refractivity contribution is 0.101. The molecule has 7 heteroatoms. The maximum absolute atomic E-state index is 12.4. The van der Waals surface area contributed by atoms with E-state index < -0.39 is 38.3 Å². The van der Waals surface area contributed by atoms with Crippen LogP contribution in [0.4, 0.5) is 0 Å². The van der Waals surface area contributed by atoms with Crippen molar-refractivity contribution in [2.45, 2.75) is 58.3 Å². The summed E-state index contributed by atoms with van der Waals surface area (Å²) in [4.78, 5) is 24.4. The number of ketones is 1. The van der Waals surface area contributed by atoms with Gasteiger partial charge in [-0.05, 0) is 18.6 Å². The third-order valence-electron chi connectivity index (χ3n) is 4.72. The highest BCUT2D eigenvalue weighted by Gasteiger charge is 2.25.